The van der Waals surface area contributed by atoms with Crippen LogP contribution in [0.15, 0.2) is 48.5 Å². The Labute approximate surface area is 189 Å². The molecule has 0 saturated carbocycles. The molecule has 0 aromatic heterocycles. The van der Waals surface area contributed by atoms with Crippen LogP contribution in [0.3, 0.4) is 0 Å². The lowest BCUT2D eigenvalue weighted by Gasteiger charge is -2.25. The van der Waals surface area contributed by atoms with Crippen molar-refractivity contribution in [1.82, 2.24) is 4.90 Å². The number of hydrogen-bond acceptors (Lipinski definition) is 6. The molecular weight excluding hydrogens is 432 g/mol. The van der Waals surface area contributed by atoms with Crippen LogP contribution < -0.4 is 9.50 Å². The molecule has 0 aliphatic rings. The maximum absolute atomic E-state index is 12.9. The van der Waals surface area contributed by atoms with Crippen LogP contribution in [0.1, 0.15) is 43.6 Å². The predicted octanol–water partition coefficient (Wildman–Crippen LogP) is 4.28. The van der Waals surface area contributed by atoms with Gasteiger partial charge in [0.25, 0.3) is 0 Å². The van der Waals surface area contributed by atoms with Crippen LogP contribution in [0, 0.1) is 5.92 Å². The Morgan fingerprint density at radius 2 is 1.62 bits per heavy atom. The van der Waals surface area contributed by atoms with Gasteiger partial charge in [0.1, 0.15) is 5.75 Å². The summed E-state index contributed by atoms with van der Waals surface area (Å²) >= 11 is 0. The molecule has 2 aromatic carbocycles. The average molecular weight is 463 g/mol. The summed E-state index contributed by atoms with van der Waals surface area (Å²) in [6.07, 6.45) is 0. The van der Waals surface area contributed by atoms with E-state index in [1.54, 1.807) is 60.4 Å². The van der Waals surface area contributed by atoms with E-state index < -0.39 is 16.1 Å². The first-order valence-electron chi connectivity index (χ1n) is 10.5. The number of ether oxygens (including phenoxy) is 1. The quantitative estimate of drug-likeness (QED) is 0.418. The molecule has 0 saturated heterocycles. The molecule has 0 radical (unpaired) electrons. The van der Waals surface area contributed by atoms with Crippen LogP contribution in [-0.2, 0) is 21.4 Å². The molecule has 8 nitrogen and oxygen atoms in total. The van der Waals surface area contributed by atoms with Crippen molar-refractivity contribution in [2.24, 2.45) is 5.92 Å². The van der Waals surface area contributed by atoms with E-state index in [2.05, 4.69) is 5.32 Å². The van der Waals surface area contributed by atoms with Gasteiger partial charge in [0.2, 0.25) is 0 Å². The van der Waals surface area contributed by atoms with E-state index >= 15 is 0 Å². The molecule has 0 heterocycles. The molecular formula is C23H30N2O6S. The van der Waals surface area contributed by atoms with Gasteiger partial charge in [0.15, 0.2) is 0 Å². The monoisotopic (exact) mass is 462 g/mol. The van der Waals surface area contributed by atoms with Crippen molar-refractivity contribution < 1.29 is 26.9 Å². The lowest BCUT2D eigenvalue weighted by atomic mass is 10.1. The molecule has 9 heteroatoms. The van der Waals surface area contributed by atoms with Crippen molar-refractivity contribution in [3.63, 3.8) is 0 Å². The molecule has 1 N–H and O–H groups in total. The zero-order chi connectivity index (χ0) is 23.7. The minimum absolute atomic E-state index is 0.113. The van der Waals surface area contributed by atoms with Gasteiger partial charge in [-0.1, -0.05) is 26.0 Å². The lowest BCUT2D eigenvalue weighted by molar-refractivity contribution is 0.0526. The second kappa shape index (κ2) is 11.5. The first kappa shape index (κ1) is 25.2. The number of nitrogens with one attached hydrogen (secondary N) is 1. The van der Waals surface area contributed by atoms with Crippen LogP contribution in [0.25, 0.3) is 0 Å². The normalized spacial score (nSPS) is 11.2. The number of nitrogens with zero attached hydrogens (tertiary/aromatic N) is 1. The summed E-state index contributed by atoms with van der Waals surface area (Å²) in [5.74, 6) is -0.0509. The van der Waals surface area contributed by atoms with Crippen LogP contribution >= 0.6 is 0 Å². The van der Waals surface area contributed by atoms with E-state index in [0.29, 0.717) is 30.9 Å². The molecule has 0 spiro atoms. The van der Waals surface area contributed by atoms with Crippen molar-refractivity contribution in [2.45, 2.75) is 34.2 Å². The van der Waals surface area contributed by atoms with Crippen LogP contribution in [0.2, 0.25) is 0 Å². The maximum Gasteiger partial charge on any atom is 0.338 e. The maximum atomic E-state index is 12.9. The van der Waals surface area contributed by atoms with Gasteiger partial charge < -0.3 is 19.1 Å². The summed E-state index contributed by atoms with van der Waals surface area (Å²) in [5.41, 5.74) is 1.81. The molecule has 174 valence electrons. The Balaban J connectivity index is 2.07. The first-order chi connectivity index (χ1) is 15.1. The summed E-state index contributed by atoms with van der Waals surface area (Å²) in [6.45, 7) is 8.44. The molecule has 0 aliphatic carbocycles. The van der Waals surface area contributed by atoms with E-state index in [4.69, 9.17) is 8.92 Å². The number of carbonyl (C=O) groups excluding carboxylic acids is 2. The topological polar surface area (TPSA) is 102 Å². The minimum Gasteiger partial charge on any atom is -0.462 e. The Bertz CT molecular complexity index is 1000. The number of carbonyl (C=O) groups is 2. The Kier molecular flexibility index (Phi) is 9.07. The summed E-state index contributed by atoms with van der Waals surface area (Å²) in [5, 5.41) is 2.85. The molecule has 0 fully saturated rings. The third-order valence-corrected chi connectivity index (χ3v) is 5.55. The van der Waals surface area contributed by atoms with Crippen molar-refractivity contribution >= 4 is 27.8 Å². The highest BCUT2D eigenvalue weighted by Gasteiger charge is 2.17. The van der Waals surface area contributed by atoms with Gasteiger partial charge >= 0.3 is 22.1 Å². The number of rotatable bonds is 10. The highest BCUT2D eigenvalue weighted by Crippen LogP contribution is 2.18. The molecule has 0 atom stereocenters. The third-order valence-electron chi connectivity index (χ3n) is 4.39. The van der Waals surface area contributed by atoms with Gasteiger partial charge in [0.05, 0.1) is 17.9 Å². The highest BCUT2D eigenvalue weighted by atomic mass is 32.2. The second-order valence-electron chi connectivity index (χ2n) is 7.58. The van der Waals surface area contributed by atoms with Gasteiger partial charge in [-0.05, 0) is 61.7 Å². The number of anilines is 1. The zero-order valence-electron chi connectivity index (χ0n) is 18.8. The molecule has 0 aliphatic heterocycles. The smallest absolute Gasteiger partial charge is 0.338 e. The summed E-state index contributed by atoms with van der Waals surface area (Å²) in [6, 6.07) is 12.8. The molecule has 2 rings (SSSR count). The van der Waals surface area contributed by atoms with E-state index in [9.17, 15) is 18.0 Å². The third kappa shape index (κ3) is 7.88. The summed E-state index contributed by atoms with van der Waals surface area (Å²) in [4.78, 5) is 26.3. The van der Waals surface area contributed by atoms with E-state index in [-0.39, 0.29) is 23.5 Å². The number of hydrogen-bond donors (Lipinski definition) is 1. The fraction of sp³-hybridized carbons (Fsp3) is 0.391. The number of amides is 2. The Morgan fingerprint density at radius 3 is 2.16 bits per heavy atom. The number of benzene rings is 2. The summed E-state index contributed by atoms with van der Waals surface area (Å²) in [7, 11) is -3.59. The molecule has 2 aromatic rings. The molecule has 32 heavy (non-hydrogen) atoms. The van der Waals surface area contributed by atoms with Gasteiger partial charge in [0, 0.05) is 18.8 Å². The van der Waals surface area contributed by atoms with Gasteiger partial charge in [-0.3, -0.25) is 0 Å². The Hall–Kier alpha value is -3.07. The zero-order valence-corrected chi connectivity index (χ0v) is 19.6. The molecule has 0 bridgehead atoms. The standard InChI is InChI=1S/C23H30N2O6S/c1-5-30-22(26)19-9-11-20(12-10-19)24-23(27)25(15-17(3)4)16-18-7-13-21(14-8-18)31-32(28,29)6-2/h7-14,17H,5-6,15-16H2,1-4H3,(H,24,27). The fourth-order valence-electron chi connectivity index (χ4n) is 2.84. The van der Waals surface area contributed by atoms with E-state index in [1.807, 2.05) is 13.8 Å². The van der Waals surface area contributed by atoms with Crippen LogP contribution in [0.4, 0.5) is 10.5 Å². The molecule has 2 amide bonds. The largest absolute Gasteiger partial charge is 0.462 e. The fourth-order valence-corrected chi connectivity index (χ4v) is 3.37. The predicted molar refractivity (Wildman–Crippen MR) is 123 cm³/mol. The van der Waals surface area contributed by atoms with E-state index in [1.165, 1.54) is 6.92 Å². The van der Waals surface area contributed by atoms with Crippen LogP contribution in [-0.4, -0.2) is 44.2 Å². The van der Waals surface area contributed by atoms with Gasteiger partial charge in [-0.2, -0.15) is 8.42 Å². The van der Waals surface area contributed by atoms with Crippen molar-refractivity contribution in [3.05, 3.63) is 59.7 Å². The average Bonchev–Trinajstić information content (AvgIpc) is 2.74. The van der Waals surface area contributed by atoms with Crippen molar-refractivity contribution in [3.8, 4) is 5.75 Å². The summed E-state index contributed by atoms with van der Waals surface area (Å²) < 4.78 is 33.1. The lowest BCUT2D eigenvalue weighted by Crippen LogP contribution is -2.37. The molecule has 0 unspecified atom stereocenters. The van der Waals surface area contributed by atoms with Crippen LogP contribution in [0.5, 0.6) is 5.75 Å². The van der Waals surface area contributed by atoms with Gasteiger partial charge in [-0.15, -0.1) is 0 Å². The number of esters is 1. The first-order valence-corrected chi connectivity index (χ1v) is 12.1. The van der Waals surface area contributed by atoms with Gasteiger partial charge in [-0.25, -0.2) is 9.59 Å². The Morgan fingerprint density at radius 1 is 1.00 bits per heavy atom. The second-order valence-corrected chi connectivity index (χ2v) is 9.44. The SMILES string of the molecule is CCOC(=O)c1ccc(NC(=O)N(Cc2ccc(OS(=O)(=O)CC)cc2)CC(C)C)cc1. The number of urea groups is 1. The van der Waals surface area contributed by atoms with Crippen molar-refractivity contribution in [2.75, 3.05) is 24.2 Å². The minimum atomic E-state index is -3.59. The van der Waals surface area contributed by atoms with E-state index in [0.717, 1.165) is 5.56 Å². The highest BCUT2D eigenvalue weighted by molar-refractivity contribution is 7.87. The van der Waals surface area contributed by atoms with Crippen molar-refractivity contribution in [1.29, 1.82) is 0 Å².